The molecule has 0 spiro atoms. The Kier molecular flexibility index (Phi) is 4.78. The summed E-state index contributed by atoms with van der Waals surface area (Å²) in [5.74, 6) is -0.105. The van der Waals surface area contributed by atoms with Crippen LogP contribution in [0, 0.1) is 11.7 Å². The largest absolute Gasteiger partial charge is 0.326 e. The highest BCUT2D eigenvalue weighted by Crippen LogP contribution is 2.25. The second-order valence-corrected chi connectivity index (χ2v) is 7.23. The number of hydrogen-bond donors (Lipinski definition) is 2. The molecule has 2 rings (SSSR count). The highest BCUT2D eigenvalue weighted by atomic mass is 32.2. The minimum absolute atomic E-state index is 0.0999. The van der Waals surface area contributed by atoms with Gasteiger partial charge in [0.15, 0.2) is 0 Å². The smallest absolute Gasteiger partial charge is 0.243 e. The van der Waals surface area contributed by atoms with E-state index >= 15 is 0 Å². The van der Waals surface area contributed by atoms with Gasteiger partial charge in [-0.2, -0.15) is 0 Å². The third-order valence-electron chi connectivity index (χ3n) is 3.86. The zero-order chi connectivity index (χ0) is 14.8. The van der Waals surface area contributed by atoms with Gasteiger partial charge in [-0.25, -0.2) is 17.5 Å². The fourth-order valence-corrected chi connectivity index (χ4v) is 3.97. The average molecular weight is 300 g/mol. The number of rotatable bonds is 4. The van der Waals surface area contributed by atoms with Crippen molar-refractivity contribution in [2.75, 3.05) is 0 Å². The van der Waals surface area contributed by atoms with Gasteiger partial charge in [-0.3, -0.25) is 0 Å². The van der Waals surface area contributed by atoms with Crippen LogP contribution in [0.2, 0.25) is 0 Å². The van der Waals surface area contributed by atoms with E-state index in [2.05, 4.69) is 11.6 Å². The lowest BCUT2D eigenvalue weighted by Gasteiger charge is -2.26. The van der Waals surface area contributed by atoms with E-state index in [0.717, 1.165) is 31.7 Å². The Hall–Kier alpha value is -0.980. The fourth-order valence-electron chi connectivity index (χ4n) is 2.54. The molecule has 0 aliphatic heterocycles. The standard InChI is InChI=1S/C14H21FN2O2S/c1-10-2-5-12(6-3-10)17-20(18,19)14-8-11(9-16)4-7-13(14)15/h4,7-8,10,12,17H,2-3,5-6,9,16H2,1H3. The second kappa shape index (κ2) is 6.20. The molecule has 6 heteroatoms. The number of hydrogen-bond acceptors (Lipinski definition) is 3. The molecule has 1 aromatic carbocycles. The molecule has 1 fully saturated rings. The summed E-state index contributed by atoms with van der Waals surface area (Å²) in [4.78, 5) is -0.306. The van der Waals surface area contributed by atoms with Crippen LogP contribution in [0.3, 0.4) is 0 Å². The van der Waals surface area contributed by atoms with E-state index in [9.17, 15) is 12.8 Å². The third-order valence-corrected chi connectivity index (χ3v) is 5.39. The lowest BCUT2D eigenvalue weighted by molar-refractivity contribution is 0.332. The fraction of sp³-hybridized carbons (Fsp3) is 0.571. The van der Waals surface area contributed by atoms with Gasteiger partial charge >= 0.3 is 0 Å². The Bertz CT molecular complexity index is 567. The summed E-state index contributed by atoms with van der Waals surface area (Å²) in [5, 5.41) is 0. The first-order valence-electron chi connectivity index (χ1n) is 6.93. The zero-order valence-electron chi connectivity index (χ0n) is 11.6. The van der Waals surface area contributed by atoms with Crippen LogP contribution in [-0.4, -0.2) is 14.5 Å². The van der Waals surface area contributed by atoms with Crippen molar-refractivity contribution in [1.82, 2.24) is 4.72 Å². The molecule has 112 valence electrons. The van der Waals surface area contributed by atoms with Crippen molar-refractivity contribution in [2.45, 2.75) is 50.1 Å². The monoisotopic (exact) mass is 300 g/mol. The van der Waals surface area contributed by atoms with Crippen molar-refractivity contribution < 1.29 is 12.8 Å². The van der Waals surface area contributed by atoms with E-state index in [1.165, 1.54) is 12.1 Å². The lowest BCUT2D eigenvalue weighted by Crippen LogP contribution is -2.37. The third kappa shape index (κ3) is 3.56. The first-order valence-corrected chi connectivity index (χ1v) is 8.41. The Morgan fingerprint density at radius 2 is 1.95 bits per heavy atom. The van der Waals surface area contributed by atoms with Crippen LogP contribution in [0.4, 0.5) is 4.39 Å². The Labute approximate surface area is 119 Å². The van der Waals surface area contributed by atoms with Crippen molar-refractivity contribution in [3.05, 3.63) is 29.6 Å². The van der Waals surface area contributed by atoms with E-state index in [-0.39, 0.29) is 17.5 Å². The first kappa shape index (κ1) is 15.4. The molecular weight excluding hydrogens is 279 g/mol. The Morgan fingerprint density at radius 3 is 2.55 bits per heavy atom. The number of nitrogens with one attached hydrogen (secondary N) is 1. The molecule has 0 bridgehead atoms. The molecule has 3 N–H and O–H groups in total. The Morgan fingerprint density at radius 1 is 1.30 bits per heavy atom. The topological polar surface area (TPSA) is 72.2 Å². The highest BCUT2D eigenvalue weighted by molar-refractivity contribution is 7.89. The summed E-state index contributed by atoms with van der Waals surface area (Å²) in [5.41, 5.74) is 6.07. The van der Waals surface area contributed by atoms with Crippen LogP contribution in [0.1, 0.15) is 38.2 Å². The van der Waals surface area contributed by atoms with Crippen LogP contribution in [0.25, 0.3) is 0 Å². The average Bonchev–Trinajstić information content (AvgIpc) is 2.41. The molecule has 1 aliphatic rings. The van der Waals surface area contributed by atoms with Gasteiger partial charge in [0.25, 0.3) is 0 Å². The normalized spacial score (nSPS) is 23.8. The summed E-state index contributed by atoms with van der Waals surface area (Å²) in [6, 6.07) is 3.86. The van der Waals surface area contributed by atoms with Crippen molar-refractivity contribution in [3.63, 3.8) is 0 Å². The summed E-state index contributed by atoms with van der Waals surface area (Å²) in [6.07, 6.45) is 3.61. The quantitative estimate of drug-likeness (QED) is 0.895. The van der Waals surface area contributed by atoms with Crippen LogP contribution >= 0.6 is 0 Å². The van der Waals surface area contributed by atoms with E-state index in [4.69, 9.17) is 5.73 Å². The van der Waals surface area contributed by atoms with Gasteiger partial charge in [0, 0.05) is 12.6 Å². The predicted molar refractivity (Wildman–Crippen MR) is 76.0 cm³/mol. The molecule has 0 saturated heterocycles. The molecular formula is C14H21FN2O2S. The summed E-state index contributed by atoms with van der Waals surface area (Å²) in [7, 11) is -3.82. The van der Waals surface area contributed by atoms with E-state index < -0.39 is 15.8 Å². The highest BCUT2D eigenvalue weighted by Gasteiger charge is 2.26. The van der Waals surface area contributed by atoms with Gasteiger partial charge in [-0.1, -0.05) is 13.0 Å². The maximum atomic E-state index is 13.8. The summed E-state index contributed by atoms with van der Waals surface area (Å²) < 4.78 is 40.9. The number of sulfonamides is 1. The van der Waals surface area contributed by atoms with E-state index in [1.54, 1.807) is 0 Å². The number of halogens is 1. The zero-order valence-corrected chi connectivity index (χ0v) is 12.4. The maximum absolute atomic E-state index is 13.8. The van der Waals surface area contributed by atoms with Crippen LogP contribution in [0.5, 0.6) is 0 Å². The van der Waals surface area contributed by atoms with Gasteiger partial charge in [0.05, 0.1) is 0 Å². The predicted octanol–water partition coefficient (Wildman–Crippen LogP) is 2.14. The molecule has 0 atom stereocenters. The SMILES string of the molecule is CC1CCC(NS(=O)(=O)c2cc(CN)ccc2F)CC1. The van der Waals surface area contributed by atoms with Gasteiger partial charge in [0.2, 0.25) is 10.0 Å². The van der Waals surface area contributed by atoms with E-state index in [0.29, 0.717) is 11.5 Å². The first-order chi connectivity index (χ1) is 9.42. The molecule has 1 aromatic rings. The van der Waals surface area contributed by atoms with Gasteiger partial charge < -0.3 is 5.73 Å². The van der Waals surface area contributed by atoms with Gasteiger partial charge in [0.1, 0.15) is 10.7 Å². The van der Waals surface area contributed by atoms with Crippen LogP contribution in [0.15, 0.2) is 23.1 Å². The summed E-state index contributed by atoms with van der Waals surface area (Å²) >= 11 is 0. The van der Waals surface area contributed by atoms with Crippen molar-refractivity contribution in [1.29, 1.82) is 0 Å². The minimum Gasteiger partial charge on any atom is -0.326 e. The number of benzene rings is 1. The molecule has 4 nitrogen and oxygen atoms in total. The number of nitrogens with two attached hydrogens (primary N) is 1. The van der Waals surface area contributed by atoms with Crippen molar-refractivity contribution >= 4 is 10.0 Å². The summed E-state index contributed by atoms with van der Waals surface area (Å²) in [6.45, 7) is 2.35. The lowest BCUT2D eigenvalue weighted by atomic mass is 9.88. The van der Waals surface area contributed by atoms with Crippen LogP contribution in [-0.2, 0) is 16.6 Å². The van der Waals surface area contributed by atoms with Gasteiger partial charge in [-0.15, -0.1) is 0 Å². The molecule has 0 unspecified atom stereocenters. The second-order valence-electron chi connectivity index (χ2n) is 5.55. The van der Waals surface area contributed by atoms with Crippen molar-refractivity contribution in [2.24, 2.45) is 11.7 Å². The molecule has 1 saturated carbocycles. The molecule has 0 aromatic heterocycles. The Balaban J connectivity index is 2.18. The molecule has 0 amide bonds. The van der Waals surface area contributed by atoms with E-state index in [1.807, 2.05) is 0 Å². The van der Waals surface area contributed by atoms with Crippen LogP contribution < -0.4 is 10.5 Å². The minimum atomic E-state index is -3.82. The maximum Gasteiger partial charge on any atom is 0.243 e. The molecule has 20 heavy (non-hydrogen) atoms. The molecule has 0 heterocycles. The molecule has 1 aliphatic carbocycles. The van der Waals surface area contributed by atoms with Gasteiger partial charge in [-0.05, 0) is 49.3 Å². The molecule has 0 radical (unpaired) electrons. The van der Waals surface area contributed by atoms with Crippen molar-refractivity contribution in [3.8, 4) is 0 Å².